The summed E-state index contributed by atoms with van der Waals surface area (Å²) in [5.74, 6) is 0. The summed E-state index contributed by atoms with van der Waals surface area (Å²) in [4.78, 5) is 0. The maximum Gasteiger partial charge on any atom is 0.0826 e. The van der Waals surface area contributed by atoms with Gasteiger partial charge in [0.2, 0.25) is 0 Å². The molecule has 0 aromatic heterocycles. The first kappa shape index (κ1) is 16.2. The highest BCUT2D eigenvalue weighted by atomic mass is 28.3. The van der Waals surface area contributed by atoms with Gasteiger partial charge in [0.05, 0.1) is 14.2 Å². The van der Waals surface area contributed by atoms with Crippen LogP contribution in [-0.4, -0.2) is 13.2 Å². The Morgan fingerprint density at radius 3 is 2.21 bits per heavy atom. The van der Waals surface area contributed by atoms with Crippen molar-refractivity contribution >= 4 is 8.07 Å². The van der Waals surface area contributed by atoms with Crippen LogP contribution in [0.5, 0.6) is 0 Å². The molecule has 1 N–H and O–H groups in total. The third-order valence-electron chi connectivity index (χ3n) is 4.39. The average molecular weight is 276 g/mol. The van der Waals surface area contributed by atoms with Crippen LogP contribution in [0.4, 0.5) is 0 Å². The zero-order valence-electron chi connectivity index (χ0n) is 13.0. The van der Waals surface area contributed by atoms with E-state index in [-0.39, 0.29) is 0 Å². The van der Waals surface area contributed by atoms with Gasteiger partial charge in [-0.25, -0.2) is 0 Å². The number of rotatable bonds is 5. The van der Waals surface area contributed by atoms with Crippen LogP contribution in [0.25, 0.3) is 0 Å². The van der Waals surface area contributed by atoms with Crippen LogP contribution >= 0.6 is 0 Å². The number of hydrogen-bond acceptors (Lipinski definition) is 1. The standard InChI is InChI=1S/C17H28OSi/c1-14(13-19(5,6)17(2,3)4)12-16(18)15-10-8-7-9-11-15/h7-11,16,18H,1,12-13H2,2-6H3. The van der Waals surface area contributed by atoms with Crippen LogP contribution in [0.1, 0.15) is 38.9 Å². The van der Waals surface area contributed by atoms with Gasteiger partial charge in [-0.05, 0) is 23.1 Å². The van der Waals surface area contributed by atoms with E-state index >= 15 is 0 Å². The van der Waals surface area contributed by atoms with Crippen LogP contribution in [-0.2, 0) is 0 Å². The molecule has 1 nitrogen and oxygen atoms in total. The number of aliphatic hydroxyl groups is 1. The van der Waals surface area contributed by atoms with E-state index < -0.39 is 14.2 Å². The Morgan fingerprint density at radius 1 is 1.21 bits per heavy atom. The van der Waals surface area contributed by atoms with Crippen molar-refractivity contribution < 1.29 is 5.11 Å². The minimum Gasteiger partial charge on any atom is -0.388 e. The van der Waals surface area contributed by atoms with E-state index in [1.807, 2.05) is 30.3 Å². The molecule has 106 valence electrons. The van der Waals surface area contributed by atoms with Gasteiger partial charge in [-0.1, -0.05) is 69.8 Å². The topological polar surface area (TPSA) is 20.2 Å². The van der Waals surface area contributed by atoms with Crippen molar-refractivity contribution in [2.24, 2.45) is 0 Å². The molecule has 0 saturated heterocycles. The molecule has 0 aliphatic rings. The zero-order chi connectivity index (χ0) is 14.7. The Labute approximate surface area is 119 Å². The fourth-order valence-electron chi connectivity index (χ4n) is 2.03. The van der Waals surface area contributed by atoms with Gasteiger partial charge in [0, 0.05) is 0 Å². The van der Waals surface area contributed by atoms with Crippen molar-refractivity contribution in [3.8, 4) is 0 Å². The highest BCUT2D eigenvalue weighted by molar-refractivity contribution is 6.80. The van der Waals surface area contributed by atoms with Crippen molar-refractivity contribution in [3.05, 3.63) is 48.0 Å². The molecule has 0 fully saturated rings. The third-order valence-corrected chi connectivity index (χ3v) is 9.83. The Kier molecular flexibility index (Phi) is 5.16. The van der Waals surface area contributed by atoms with Crippen LogP contribution in [0.2, 0.25) is 24.2 Å². The van der Waals surface area contributed by atoms with Crippen molar-refractivity contribution in [1.82, 2.24) is 0 Å². The molecule has 0 bridgehead atoms. The molecule has 0 aliphatic carbocycles. The molecule has 0 aliphatic heterocycles. The predicted molar refractivity (Wildman–Crippen MR) is 87.2 cm³/mol. The summed E-state index contributed by atoms with van der Waals surface area (Å²) in [7, 11) is -1.35. The summed E-state index contributed by atoms with van der Waals surface area (Å²) in [5.41, 5.74) is 2.17. The highest BCUT2D eigenvalue weighted by Gasteiger charge is 2.35. The van der Waals surface area contributed by atoms with E-state index in [0.717, 1.165) is 11.6 Å². The normalized spacial score (nSPS) is 14.2. The fraction of sp³-hybridized carbons (Fsp3) is 0.529. The van der Waals surface area contributed by atoms with Gasteiger partial charge in [0.1, 0.15) is 0 Å². The minimum absolute atomic E-state index is 0.369. The Balaban J connectivity index is 2.62. The molecule has 1 aromatic rings. The number of hydrogen-bond donors (Lipinski definition) is 1. The molecular formula is C17H28OSi. The van der Waals surface area contributed by atoms with Gasteiger partial charge >= 0.3 is 0 Å². The lowest BCUT2D eigenvalue weighted by atomic mass is 10.0. The molecule has 0 saturated carbocycles. The molecule has 19 heavy (non-hydrogen) atoms. The second-order valence-corrected chi connectivity index (χ2v) is 12.8. The van der Waals surface area contributed by atoms with E-state index in [4.69, 9.17) is 0 Å². The molecular weight excluding hydrogens is 248 g/mol. The minimum atomic E-state index is -1.35. The first-order valence-electron chi connectivity index (χ1n) is 7.03. The smallest absolute Gasteiger partial charge is 0.0826 e. The van der Waals surface area contributed by atoms with Gasteiger partial charge in [-0.15, -0.1) is 6.58 Å². The quantitative estimate of drug-likeness (QED) is 0.580. The summed E-state index contributed by atoms with van der Waals surface area (Å²) in [5, 5.41) is 10.6. The largest absolute Gasteiger partial charge is 0.388 e. The Hall–Kier alpha value is -0.863. The lowest BCUT2D eigenvalue weighted by molar-refractivity contribution is 0.178. The summed E-state index contributed by atoms with van der Waals surface area (Å²) >= 11 is 0. The molecule has 1 rings (SSSR count). The van der Waals surface area contributed by atoms with Crippen molar-refractivity contribution in [3.63, 3.8) is 0 Å². The van der Waals surface area contributed by atoms with Crippen LogP contribution in [0, 0.1) is 0 Å². The van der Waals surface area contributed by atoms with Crippen molar-refractivity contribution in [2.75, 3.05) is 0 Å². The zero-order valence-corrected chi connectivity index (χ0v) is 14.0. The van der Waals surface area contributed by atoms with Gasteiger partial charge in [0.25, 0.3) is 0 Å². The van der Waals surface area contributed by atoms with Crippen LogP contribution in [0.3, 0.4) is 0 Å². The van der Waals surface area contributed by atoms with E-state index in [1.165, 1.54) is 5.57 Å². The average Bonchev–Trinajstić information content (AvgIpc) is 2.27. The van der Waals surface area contributed by atoms with E-state index in [1.54, 1.807) is 0 Å². The third kappa shape index (κ3) is 4.63. The second-order valence-electron chi connectivity index (χ2n) is 7.19. The first-order valence-corrected chi connectivity index (χ1v) is 10.2. The van der Waals surface area contributed by atoms with Crippen LogP contribution in [0.15, 0.2) is 42.5 Å². The summed E-state index contributed by atoms with van der Waals surface area (Å²) < 4.78 is 0. The van der Waals surface area contributed by atoms with Crippen LogP contribution < -0.4 is 0 Å². The molecule has 0 spiro atoms. The Morgan fingerprint density at radius 2 is 1.74 bits per heavy atom. The van der Waals surface area contributed by atoms with Crippen molar-refractivity contribution in [1.29, 1.82) is 0 Å². The lowest BCUT2D eigenvalue weighted by Gasteiger charge is -2.37. The van der Waals surface area contributed by atoms with Gasteiger partial charge in [-0.3, -0.25) is 0 Å². The van der Waals surface area contributed by atoms with Gasteiger partial charge in [0.15, 0.2) is 0 Å². The van der Waals surface area contributed by atoms with Crippen molar-refractivity contribution in [2.45, 2.75) is 57.5 Å². The molecule has 2 heteroatoms. The molecule has 0 radical (unpaired) electrons. The van der Waals surface area contributed by atoms with E-state index in [0.29, 0.717) is 11.5 Å². The molecule has 1 unspecified atom stereocenters. The molecule has 1 atom stereocenters. The summed E-state index contributed by atoms with van der Waals surface area (Å²) in [6.07, 6.45) is 0.259. The fourth-order valence-corrected chi connectivity index (χ4v) is 3.95. The molecule has 0 amide bonds. The maximum atomic E-state index is 10.2. The number of aliphatic hydroxyl groups excluding tert-OH is 1. The van der Waals surface area contributed by atoms with E-state index in [2.05, 4.69) is 40.4 Å². The lowest BCUT2D eigenvalue weighted by Crippen LogP contribution is -2.37. The highest BCUT2D eigenvalue weighted by Crippen LogP contribution is 2.41. The monoisotopic (exact) mass is 276 g/mol. The summed E-state index contributed by atoms with van der Waals surface area (Å²) in [6.45, 7) is 16.0. The van der Waals surface area contributed by atoms with E-state index in [9.17, 15) is 5.11 Å². The van der Waals surface area contributed by atoms with Gasteiger partial charge < -0.3 is 5.11 Å². The van der Waals surface area contributed by atoms with Gasteiger partial charge in [-0.2, -0.15) is 0 Å². The maximum absolute atomic E-state index is 10.2. The second kappa shape index (κ2) is 6.06. The molecule has 1 aromatic carbocycles. The number of benzene rings is 1. The first-order chi connectivity index (χ1) is 8.63. The Bertz CT molecular complexity index is 415. The SMILES string of the molecule is C=C(CC(O)c1ccccc1)C[Si](C)(C)C(C)(C)C. The molecule has 0 heterocycles. The predicted octanol–water partition coefficient (Wildman–Crippen LogP) is 5.17. The summed E-state index contributed by atoms with van der Waals surface area (Å²) in [6, 6.07) is 10.9.